The number of aromatic nitrogens is 1. The fourth-order valence-corrected chi connectivity index (χ4v) is 4.65. The Balaban J connectivity index is 1.07. The molecule has 0 unspecified atom stereocenters. The predicted octanol–water partition coefficient (Wildman–Crippen LogP) is 8.05. The summed E-state index contributed by atoms with van der Waals surface area (Å²) in [5.41, 5.74) is 8.94. The lowest BCUT2D eigenvalue weighted by atomic mass is 10.1. The number of anilines is 3. The van der Waals surface area contributed by atoms with E-state index in [2.05, 4.69) is 44.7 Å². The Kier molecular flexibility index (Phi) is 7.95. The van der Waals surface area contributed by atoms with Gasteiger partial charge in [-0.1, -0.05) is 78.9 Å². The van der Waals surface area contributed by atoms with Gasteiger partial charge in [-0.2, -0.15) is 5.10 Å². The highest BCUT2D eigenvalue weighted by molar-refractivity contribution is 5.95. The molecule has 0 saturated carbocycles. The molecule has 0 spiro atoms. The van der Waals surface area contributed by atoms with E-state index in [1.807, 2.05) is 103 Å². The molecule has 5 aromatic carbocycles. The molecule has 0 aliphatic rings. The molecule has 1 aromatic heterocycles. The molecule has 1 N–H and O–H groups in total. The summed E-state index contributed by atoms with van der Waals surface area (Å²) in [6, 6.07) is 45.6. The highest BCUT2D eigenvalue weighted by atomic mass is 16.5. The lowest BCUT2D eigenvalue weighted by Gasteiger charge is -2.25. The zero-order valence-electron chi connectivity index (χ0n) is 22.8. The molecular formula is C36H28N4O2. The largest absolute Gasteiger partial charge is 0.487 e. The maximum Gasteiger partial charge on any atom is 0.271 e. The van der Waals surface area contributed by atoms with E-state index >= 15 is 0 Å². The first-order chi connectivity index (χ1) is 20.7. The molecule has 0 saturated heterocycles. The summed E-state index contributed by atoms with van der Waals surface area (Å²) in [6.07, 6.45) is 3.39. The zero-order chi connectivity index (χ0) is 28.6. The maximum absolute atomic E-state index is 12.7. The van der Waals surface area contributed by atoms with Gasteiger partial charge in [-0.25, -0.2) is 5.43 Å². The van der Waals surface area contributed by atoms with Gasteiger partial charge < -0.3 is 9.64 Å². The summed E-state index contributed by atoms with van der Waals surface area (Å²) in [6.45, 7) is 0.373. The van der Waals surface area contributed by atoms with Crippen molar-refractivity contribution in [3.8, 4) is 5.75 Å². The van der Waals surface area contributed by atoms with Crippen LogP contribution in [0, 0.1) is 0 Å². The van der Waals surface area contributed by atoms with Gasteiger partial charge >= 0.3 is 0 Å². The van der Waals surface area contributed by atoms with E-state index in [0.29, 0.717) is 12.2 Å². The van der Waals surface area contributed by atoms with Crippen molar-refractivity contribution >= 4 is 40.1 Å². The van der Waals surface area contributed by atoms with Crippen LogP contribution in [0.5, 0.6) is 5.75 Å². The molecule has 6 rings (SSSR count). The lowest BCUT2D eigenvalue weighted by molar-refractivity contribution is 0.0955. The smallest absolute Gasteiger partial charge is 0.271 e. The Morgan fingerprint density at radius 1 is 0.714 bits per heavy atom. The first-order valence-corrected chi connectivity index (χ1v) is 13.6. The standard InChI is InChI=1S/C36H28N4O2/c41-36(30-20-16-28(17-21-30)26-42-34-15-7-9-29-10-8-24-37-35(29)34)39-38-25-27-18-22-33(23-19-27)40(31-11-3-1-4-12-31)32-13-5-2-6-14-32/h1-25H,26H2,(H,39,41)/b38-25+. The molecule has 1 amide bonds. The second-order valence-corrected chi connectivity index (χ2v) is 9.61. The fraction of sp³-hybridized carbons (Fsp3) is 0.0278. The van der Waals surface area contributed by atoms with E-state index < -0.39 is 0 Å². The van der Waals surface area contributed by atoms with E-state index in [1.54, 1.807) is 24.5 Å². The van der Waals surface area contributed by atoms with Crippen molar-refractivity contribution in [3.05, 3.63) is 162 Å². The van der Waals surface area contributed by atoms with Crippen molar-refractivity contribution in [2.45, 2.75) is 6.61 Å². The van der Waals surface area contributed by atoms with Gasteiger partial charge in [0.25, 0.3) is 5.91 Å². The third kappa shape index (κ3) is 6.18. The summed E-state index contributed by atoms with van der Waals surface area (Å²) >= 11 is 0. The third-order valence-corrected chi connectivity index (χ3v) is 6.77. The third-order valence-electron chi connectivity index (χ3n) is 6.77. The van der Waals surface area contributed by atoms with Crippen LogP contribution in [0.25, 0.3) is 10.9 Å². The summed E-state index contributed by atoms with van der Waals surface area (Å²) in [5, 5.41) is 5.19. The van der Waals surface area contributed by atoms with E-state index in [4.69, 9.17) is 4.74 Å². The number of benzene rings is 5. The van der Waals surface area contributed by atoms with Crippen LogP contribution in [0.4, 0.5) is 17.1 Å². The summed E-state index contributed by atoms with van der Waals surface area (Å²) in [4.78, 5) is 19.3. The Hall–Kier alpha value is -5.75. The van der Waals surface area contributed by atoms with Gasteiger partial charge in [-0.3, -0.25) is 9.78 Å². The highest BCUT2D eigenvalue weighted by Crippen LogP contribution is 2.34. The Bertz CT molecular complexity index is 1760. The average Bonchev–Trinajstić information content (AvgIpc) is 3.06. The number of nitrogens with zero attached hydrogens (tertiary/aromatic N) is 3. The molecule has 6 aromatic rings. The fourth-order valence-electron chi connectivity index (χ4n) is 4.65. The van der Waals surface area contributed by atoms with Crippen LogP contribution in [0.3, 0.4) is 0 Å². The number of hydrogen-bond acceptors (Lipinski definition) is 5. The number of hydrogen-bond donors (Lipinski definition) is 1. The van der Waals surface area contributed by atoms with Crippen LogP contribution in [-0.4, -0.2) is 17.1 Å². The molecular weight excluding hydrogens is 520 g/mol. The minimum Gasteiger partial charge on any atom is -0.487 e. The number of ether oxygens (including phenoxy) is 1. The second-order valence-electron chi connectivity index (χ2n) is 9.61. The number of carbonyl (C=O) groups is 1. The predicted molar refractivity (Wildman–Crippen MR) is 169 cm³/mol. The Morgan fingerprint density at radius 3 is 2.05 bits per heavy atom. The summed E-state index contributed by atoms with van der Waals surface area (Å²) in [7, 11) is 0. The minimum absolute atomic E-state index is 0.284. The van der Waals surface area contributed by atoms with Gasteiger partial charge in [-0.15, -0.1) is 0 Å². The first kappa shape index (κ1) is 26.5. The Morgan fingerprint density at radius 2 is 1.36 bits per heavy atom. The molecule has 6 heteroatoms. The first-order valence-electron chi connectivity index (χ1n) is 13.6. The van der Waals surface area contributed by atoms with E-state index in [-0.39, 0.29) is 5.91 Å². The average molecular weight is 549 g/mol. The lowest BCUT2D eigenvalue weighted by Crippen LogP contribution is -2.17. The van der Waals surface area contributed by atoms with Gasteiger partial charge in [-0.05, 0) is 71.8 Å². The van der Waals surface area contributed by atoms with E-state index in [9.17, 15) is 4.79 Å². The molecule has 0 bridgehead atoms. The number of carbonyl (C=O) groups excluding carboxylic acids is 1. The molecule has 1 heterocycles. The topological polar surface area (TPSA) is 66.8 Å². The Labute approximate surface area is 244 Å². The molecule has 0 radical (unpaired) electrons. The molecule has 0 atom stereocenters. The summed E-state index contributed by atoms with van der Waals surface area (Å²) < 4.78 is 6.00. The quantitative estimate of drug-likeness (QED) is 0.147. The van der Waals surface area contributed by atoms with E-state index in [1.165, 1.54) is 0 Å². The van der Waals surface area contributed by atoms with Gasteiger partial charge in [0.05, 0.1) is 6.21 Å². The number of rotatable bonds is 9. The minimum atomic E-state index is -0.284. The van der Waals surface area contributed by atoms with Crippen molar-refractivity contribution in [1.82, 2.24) is 10.4 Å². The number of hydrazone groups is 1. The van der Waals surface area contributed by atoms with Crippen LogP contribution >= 0.6 is 0 Å². The highest BCUT2D eigenvalue weighted by Gasteiger charge is 2.11. The van der Waals surface area contributed by atoms with Gasteiger partial charge in [0, 0.05) is 34.2 Å². The van der Waals surface area contributed by atoms with Crippen LogP contribution in [0.15, 0.2) is 151 Å². The molecule has 42 heavy (non-hydrogen) atoms. The van der Waals surface area contributed by atoms with Crippen LogP contribution in [0.2, 0.25) is 0 Å². The van der Waals surface area contributed by atoms with Gasteiger partial charge in [0.2, 0.25) is 0 Å². The summed E-state index contributed by atoms with van der Waals surface area (Å²) in [5.74, 6) is 0.443. The maximum atomic E-state index is 12.7. The van der Waals surface area contributed by atoms with Crippen molar-refractivity contribution in [1.29, 1.82) is 0 Å². The molecule has 0 aliphatic carbocycles. The number of para-hydroxylation sites is 3. The van der Waals surface area contributed by atoms with Crippen LogP contribution in [-0.2, 0) is 6.61 Å². The van der Waals surface area contributed by atoms with Crippen LogP contribution < -0.4 is 15.1 Å². The van der Waals surface area contributed by atoms with Gasteiger partial charge in [0.15, 0.2) is 0 Å². The van der Waals surface area contributed by atoms with E-state index in [0.717, 1.165) is 44.8 Å². The molecule has 0 fully saturated rings. The van der Waals surface area contributed by atoms with Crippen LogP contribution in [0.1, 0.15) is 21.5 Å². The SMILES string of the molecule is O=C(N/N=C/c1ccc(N(c2ccccc2)c2ccccc2)cc1)c1ccc(COc2cccc3cccnc23)cc1. The zero-order valence-corrected chi connectivity index (χ0v) is 22.8. The molecule has 6 nitrogen and oxygen atoms in total. The monoisotopic (exact) mass is 548 g/mol. The van der Waals surface area contributed by atoms with Crippen molar-refractivity contribution in [2.24, 2.45) is 5.10 Å². The van der Waals surface area contributed by atoms with Crippen molar-refractivity contribution in [3.63, 3.8) is 0 Å². The van der Waals surface area contributed by atoms with Gasteiger partial charge in [0.1, 0.15) is 17.9 Å². The number of pyridine rings is 1. The number of nitrogens with one attached hydrogen (secondary N) is 1. The molecule has 204 valence electrons. The normalized spacial score (nSPS) is 11.0. The number of fused-ring (bicyclic) bond motifs is 1. The second kappa shape index (κ2) is 12.6. The van der Waals surface area contributed by atoms with Crippen molar-refractivity contribution in [2.75, 3.05) is 4.90 Å². The number of amides is 1. The van der Waals surface area contributed by atoms with Crippen molar-refractivity contribution < 1.29 is 9.53 Å². The molecule has 0 aliphatic heterocycles.